The van der Waals surface area contributed by atoms with Gasteiger partial charge < -0.3 is 5.32 Å². The summed E-state index contributed by atoms with van der Waals surface area (Å²) in [5, 5.41) is 11.8. The van der Waals surface area contributed by atoms with Crippen molar-refractivity contribution in [1.29, 1.82) is 5.26 Å². The largest absolute Gasteiger partial charge is 0.382 e. The van der Waals surface area contributed by atoms with E-state index in [9.17, 15) is 0 Å². The van der Waals surface area contributed by atoms with Gasteiger partial charge in [-0.15, -0.1) is 0 Å². The summed E-state index contributed by atoms with van der Waals surface area (Å²) < 4.78 is 1.11. The highest BCUT2D eigenvalue weighted by Gasteiger charge is 2.01. The van der Waals surface area contributed by atoms with Crippen LogP contribution in [0.25, 0.3) is 0 Å². The second kappa shape index (κ2) is 5.02. The number of rotatable bonds is 3. The van der Waals surface area contributed by atoms with Gasteiger partial charge in [0.25, 0.3) is 0 Å². The van der Waals surface area contributed by atoms with Crippen LogP contribution in [0.5, 0.6) is 0 Å². The van der Waals surface area contributed by atoms with Crippen LogP contribution in [-0.4, -0.2) is 6.04 Å². The van der Waals surface area contributed by atoms with Crippen molar-refractivity contribution in [3.8, 4) is 6.07 Å². The lowest BCUT2D eigenvalue weighted by Crippen LogP contribution is -2.13. The molecule has 0 aliphatic carbocycles. The van der Waals surface area contributed by atoms with Crippen LogP contribution in [0.15, 0.2) is 22.7 Å². The molecule has 1 N–H and O–H groups in total. The van der Waals surface area contributed by atoms with Crippen LogP contribution >= 0.6 is 15.9 Å². The molecule has 1 aromatic carbocycles. The summed E-state index contributed by atoms with van der Waals surface area (Å²) in [4.78, 5) is 0. The summed E-state index contributed by atoms with van der Waals surface area (Å²) in [6.45, 7) is 4.05. The maximum atomic E-state index is 8.52. The van der Waals surface area contributed by atoms with E-state index >= 15 is 0 Å². The molecule has 0 fully saturated rings. The third kappa shape index (κ3) is 3.04. The van der Waals surface area contributed by atoms with Gasteiger partial charge in [-0.05, 0) is 37.6 Å². The Balaban J connectivity index is 2.69. The van der Waals surface area contributed by atoms with Crippen molar-refractivity contribution < 1.29 is 0 Å². The van der Waals surface area contributed by atoms with Crippen molar-refractivity contribution in [3.05, 3.63) is 28.2 Å². The van der Waals surface area contributed by atoms with E-state index < -0.39 is 0 Å². The molecule has 1 rings (SSSR count). The number of nitrogens with zero attached hydrogens (tertiary/aromatic N) is 1. The lowest BCUT2D eigenvalue weighted by Gasteiger charge is -2.12. The standard InChI is InChI=1S/C11H13BrN2/c1-8-7-10(3-4-11(8)12)14-9(2)5-6-13/h3-4,7,9,14H,5H2,1-2H3. The molecule has 2 nitrogen and oxygen atoms in total. The Hall–Kier alpha value is -1.01. The Labute approximate surface area is 93.1 Å². The van der Waals surface area contributed by atoms with Crippen LogP contribution in [-0.2, 0) is 0 Å². The predicted molar refractivity (Wildman–Crippen MR) is 62.2 cm³/mol. The number of hydrogen-bond acceptors (Lipinski definition) is 2. The number of anilines is 1. The smallest absolute Gasteiger partial charge is 0.0643 e. The van der Waals surface area contributed by atoms with Gasteiger partial charge in [0, 0.05) is 16.2 Å². The highest BCUT2D eigenvalue weighted by Crippen LogP contribution is 2.20. The molecular weight excluding hydrogens is 240 g/mol. The lowest BCUT2D eigenvalue weighted by molar-refractivity contribution is 0.821. The topological polar surface area (TPSA) is 35.8 Å². The summed E-state index contributed by atoms with van der Waals surface area (Å²) in [6.07, 6.45) is 0.523. The second-order valence-corrected chi connectivity index (χ2v) is 4.23. The van der Waals surface area contributed by atoms with Crippen molar-refractivity contribution in [2.75, 3.05) is 5.32 Å². The maximum Gasteiger partial charge on any atom is 0.0643 e. The Morgan fingerprint density at radius 3 is 2.86 bits per heavy atom. The number of hydrogen-bond donors (Lipinski definition) is 1. The van der Waals surface area contributed by atoms with Crippen molar-refractivity contribution in [2.24, 2.45) is 0 Å². The third-order valence-electron chi connectivity index (χ3n) is 1.97. The third-order valence-corrected chi connectivity index (χ3v) is 2.86. The molecule has 0 saturated heterocycles. The molecular formula is C11H13BrN2. The molecule has 0 radical (unpaired) electrons. The van der Waals surface area contributed by atoms with Crippen LogP contribution in [0.3, 0.4) is 0 Å². The van der Waals surface area contributed by atoms with Crippen LogP contribution in [0, 0.1) is 18.3 Å². The molecule has 0 bridgehead atoms. The number of nitrogens with one attached hydrogen (secondary N) is 1. The number of nitriles is 1. The van der Waals surface area contributed by atoms with E-state index in [4.69, 9.17) is 5.26 Å². The summed E-state index contributed by atoms with van der Waals surface area (Å²) in [5.74, 6) is 0. The first-order valence-corrected chi connectivity index (χ1v) is 5.32. The highest BCUT2D eigenvalue weighted by atomic mass is 79.9. The fourth-order valence-electron chi connectivity index (χ4n) is 1.21. The number of benzene rings is 1. The van der Waals surface area contributed by atoms with Crippen molar-refractivity contribution in [1.82, 2.24) is 0 Å². The Morgan fingerprint density at radius 2 is 2.29 bits per heavy atom. The van der Waals surface area contributed by atoms with Crippen molar-refractivity contribution in [3.63, 3.8) is 0 Å². The van der Waals surface area contributed by atoms with Gasteiger partial charge in [-0.1, -0.05) is 15.9 Å². The quantitative estimate of drug-likeness (QED) is 0.895. The van der Waals surface area contributed by atoms with Gasteiger partial charge in [-0.3, -0.25) is 0 Å². The van der Waals surface area contributed by atoms with Crippen molar-refractivity contribution >= 4 is 21.6 Å². The minimum absolute atomic E-state index is 0.195. The normalized spacial score (nSPS) is 11.9. The summed E-state index contributed by atoms with van der Waals surface area (Å²) >= 11 is 3.45. The first-order valence-electron chi connectivity index (χ1n) is 4.53. The summed E-state index contributed by atoms with van der Waals surface area (Å²) in [6, 6.07) is 8.42. The molecule has 0 aromatic heterocycles. The number of aryl methyl sites for hydroxylation is 1. The van der Waals surface area contributed by atoms with Gasteiger partial charge in [0.15, 0.2) is 0 Å². The maximum absolute atomic E-state index is 8.52. The lowest BCUT2D eigenvalue weighted by atomic mass is 10.2. The zero-order valence-corrected chi connectivity index (χ0v) is 9.93. The molecule has 0 spiro atoms. The van der Waals surface area contributed by atoms with Gasteiger partial charge in [0.05, 0.1) is 12.5 Å². The minimum atomic E-state index is 0.195. The molecule has 0 aliphatic heterocycles. The molecule has 0 aliphatic rings. The summed E-state index contributed by atoms with van der Waals surface area (Å²) in [7, 11) is 0. The SMILES string of the molecule is Cc1cc(NC(C)CC#N)ccc1Br. The Bertz CT molecular complexity index is 355. The van der Waals surface area contributed by atoms with Gasteiger partial charge in [0.2, 0.25) is 0 Å². The Morgan fingerprint density at radius 1 is 1.57 bits per heavy atom. The zero-order chi connectivity index (χ0) is 10.6. The van der Waals surface area contributed by atoms with Crippen molar-refractivity contribution in [2.45, 2.75) is 26.3 Å². The fraction of sp³-hybridized carbons (Fsp3) is 0.364. The van der Waals surface area contributed by atoms with Gasteiger partial charge in [0.1, 0.15) is 0 Å². The molecule has 1 atom stereocenters. The summed E-state index contributed by atoms with van der Waals surface area (Å²) in [5.41, 5.74) is 2.26. The minimum Gasteiger partial charge on any atom is -0.382 e. The Kier molecular flexibility index (Phi) is 3.97. The van der Waals surface area contributed by atoms with Crippen LogP contribution in [0.2, 0.25) is 0 Å². The monoisotopic (exact) mass is 252 g/mol. The first-order chi connectivity index (χ1) is 6.63. The van der Waals surface area contributed by atoms with Gasteiger partial charge in [-0.25, -0.2) is 0 Å². The number of halogens is 1. The molecule has 14 heavy (non-hydrogen) atoms. The molecule has 1 unspecified atom stereocenters. The average molecular weight is 253 g/mol. The van der Waals surface area contributed by atoms with E-state index in [1.807, 2.05) is 26.0 Å². The van der Waals surface area contributed by atoms with Gasteiger partial charge in [-0.2, -0.15) is 5.26 Å². The molecule has 0 heterocycles. The molecule has 0 saturated carbocycles. The van der Waals surface area contributed by atoms with E-state index in [0.717, 1.165) is 10.2 Å². The van der Waals surface area contributed by atoms with Gasteiger partial charge >= 0.3 is 0 Å². The molecule has 1 aromatic rings. The van der Waals surface area contributed by atoms with E-state index in [1.54, 1.807) is 0 Å². The van der Waals surface area contributed by atoms with E-state index in [0.29, 0.717) is 6.42 Å². The van der Waals surface area contributed by atoms with E-state index in [2.05, 4.69) is 33.4 Å². The van der Waals surface area contributed by atoms with Crippen LogP contribution in [0.4, 0.5) is 5.69 Å². The fourth-order valence-corrected chi connectivity index (χ4v) is 1.45. The zero-order valence-electron chi connectivity index (χ0n) is 8.34. The second-order valence-electron chi connectivity index (χ2n) is 3.37. The predicted octanol–water partition coefficient (Wildman–Crippen LogP) is 3.47. The van der Waals surface area contributed by atoms with Crippen LogP contribution < -0.4 is 5.32 Å². The first kappa shape index (κ1) is 11.1. The van der Waals surface area contributed by atoms with E-state index in [1.165, 1.54) is 5.56 Å². The molecule has 74 valence electrons. The molecule has 3 heteroatoms. The molecule has 0 amide bonds. The highest BCUT2D eigenvalue weighted by molar-refractivity contribution is 9.10. The average Bonchev–Trinajstić information content (AvgIpc) is 2.12. The van der Waals surface area contributed by atoms with E-state index in [-0.39, 0.29) is 6.04 Å². The van der Waals surface area contributed by atoms with Crippen LogP contribution in [0.1, 0.15) is 18.9 Å².